The van der Waals surface area contributed by atoms with Gasteiger partial charge in [-0.25, -0.2) is 0 Å². The van der Waals surface area contributed by atoms with Crippen LogP contribution >= 0.6 is 15.9 Å². The molecule has 1 aliphatic rings. The van der Waals surface area contributed by atoms with Crippen molar-refractivity contribution in [2.24, 2.45) is 21.7 Å². The SMILES string of the molecule is C=C(Br)/C=N\N(C)C(C=C(NC)C1CCN(C(=N)N)CC1)=NCc1cccnc1. The summed E-state index contributed by atoms with van der Waals surface area (Å²) < 4.78 is 0.686. The summed E-state index contributed by atoms with van der Waals surface area (Å²) in [6, 6.07) is 3.90. The number of nitrogens with one attached hydrogen (secondary N) is 2. The first-order valence-electron chi connectivity index (χ1n) is 9.44. The number of hydrazone groups is 1. The van der Waals surface area contributed by atoms with E-state index in [1.807, 2.05) is 43.4 Å². The highest BCUT2D eigenvalue weighted by molar-refractivity contribution is 9.12. The zero-order valence-corrected chi connectivity index (χ0v) is 18.6. The Morgan fingerprint density at radius 3 is 2.79 bits per heavy atom. The fourth-order valence-electron chi connectivity index (χ4n) is 3.08. The molecule has 2 heterocycles. The van der Waals surface area contributed by atoms with Gasteiger partial charge in [-0.2, -0.15) is 5.10 Å². The van der Waals surface area contributed by atoms with E-state index < -0.39 is 0 Å². The summed E-state index contributed by atoms with van der Waals surface area (Å²) in [4.78, 5) is 10.8. The van der Waals surface area contributed by atoms with E-state index in [1.54, 1.807) is 17.4 Å². The van der Waals surface area contributed by atoms with Gasteiger partial charge in [-0.3, -0.25) is 20.4 Å². The van der Waals surface area contributed by atoms with E-state index in [0.29, 0.717) is 16.9 Å². The summed E-state index contributed by atoms with van der Waals surface area (Å²) in [5, 5.41) is 17.1. The van der Waals surface area contributed by atoms with E-state index in [4.69, 9.17) is 16.1 Å². The smallest absolute Gasteiger partial charge is 0.188 e. The number of rotatable bonds is 7. The molecular weight excluding hydrogens is 432 g/mol. The lowest BCUT2D eigenvalue weighted by atomic mass is 9.93. The standard InChI is InChI=1S/C20H29BrN8/c1-15(21)12-27-28(3)19(26-14-16-5-4-8-25-13-16)11-18(24-2)17-6-9-29(10-7-17)20(22)23/h4-5,8,11-13,17,24H,1,6-7,9-10,14H2,2-3H3,(H3,22,23)/b18-11?,26-19?,27-12-. The third-order valence-electron chi connectivity index (χ3n) is 4.70. The zero-order chi connectivity index (χ0) is 21.2. The predicted molar refractivity (Wildman–Crippen MR) is 123 cm³/mol. The zero-order valence-electron chi connectivity index (χ0n) is 17.0. The van der Waals surface area contributed by atoms with Crippen molar-refractivity contribution in [2.45, 2.75) is 19.4 Å². The van der Waals surface area contributed by atoms with Crippen LogP contribution in [0.25, 0.3) is 0 Å². The predicted octanol–water partition coefficient (Wildman–Crippen LogP) is 2.52. The average molecular weight is 461 g/mol. The Kier molecular flexibility index (Phi) is 8.85. The molecule has 0 spiro atoms. The van der Waals surface area contributed by atoms with Gasteiger partial charge in [-0.05, 0) is 40.4 Å². The number of amidine groups is 1. The molecule has 1 saturated heterocycles. The van der Waals surface area contributed by atoms with E-state index in [0.717, 1.165) is 43.0 Å². The average Bonchev–Trinajstić information content (AvgIpc) is 2.73. The molecule has 1 aliphatic heterocycles. The molecule has 0 unspecified atom stereocenters. The van der Waals surface area contributed by atoms with Gasteiger partial charge in [-0.1, -0.05) is 12.6 Å². The summed E-state index contributed by atoms with van der Waals surface area (Å²) in [6.07, 6.45) is 9.08. The maximum absolute atomic E-state index is 7.61. The number of allylic oxidation sites excluding steroid dienone is 2. The third-order valence-corrected chi connectivity index (χ3v) is 4.90. The molecule has 156 valence electrons. The second-order valence-electron chi connectivity index (χ2n) is 6.75. The molecule has 1 fully saturated rings. The third kappa shape index (κ3) is 7.34. The molecule has 29 heavy (non-hydrogen) atoms. The molecule has 0 aliphatic carbocycles. The van der Waals surface area contributed by atoms with Crippen LogP contribution in [-0.4, -0.2) is 60.1 Å². The van der Waals surface area contributed by atoms with Gasteiger partial charge in [0.15, 0.2) is 5.96 Å². The number of nitrogens with zero attached hydrogens (tertiary/aromatic N) is 5. The van der Waals surface area contributed by atoms with Crippen LogP contribution in [-0.2, 0) is 6.54 Å². The highest BCUT2D eigenvalue weighted by Gasteiger charge is 2.23. The Morgan fingerprint density at radius 2 is 2.24 bits per heavy atom. The number of piperidine rings is 1. The number of hydrogen-bond acceptors (Lipinski definition) is 5. The summed E-state index contributed by atoms with van der Waals surface area (Å²) in [6.45, 7) is 5.85. The minimum atomic E-state index is 0.140. The highest BCUT2D eigenvalue weighted by atomic mass is 79.9. The van der Waals surface area contributed by atoms with Gasteiger partial charge in [-0.15, -0.1) is 0 Å². The Hall–Kier alpha value is -2.68. The van der Waals surface area contributed by atoms with Crippen molar-refractivity contribution in [3.63, 3.8) is 0 Å². The van der Waals surface area contributed by atoms with Crippen LogP contribution in [0.2, 0.25) is 0 Å². The number of pyridine rings is 1. The number of likely N-dealkylation sites (N-methyl/N-ethyl adjacent to an activating group) is 1. The lowest BCUT2D eigenvalue weighted by Crippen LogP contribution is -2.43. The molecular formula is C20H29BrN8. The van der Waals surface area contributed by atoms with Crippen LogP contribution in [0.3, 0.4) is 0 Å². The second-order valence-corrected chi connectivity index (χ2v) is 7.77. The van der Waals surface area contributed by atoms with Gasteiger partial charge in [0.05, 0.1) is 12.8 Å². The van der Waals surface area contributed by atoms with Crippen LogP contribution in [0, 0.1) is 11.3 Å². The Bertz CT molecular complexity index is 779. The van der Waals surface area contributed by atoms with Crippen LogP contribution in [0.15, 0.2) is 57.5 Å². The van der Waals surface area contributed by atoms with Crippen molar-refractivity contribution in [1.82, 2.24) is 20.2 Å². The van der Waals surface area contributed by atoms with Crippen LogP contribution in [0.5, 0.6) is 0 Å². The molecule has 0 aromatic carbocycles. The molecule has 0 atom stereocenters. The van der Waals surface area contributed by atoms with Gasteiger partial charge >= 0.3 is 0 Å². The molecule has 1 aromatic heterocycles. The monoisotopic (exact) mass is 460 g/mol. The minimum Gasteiger partial charge on any atom is -0.391 e. The first-order chi connectivity index (χ1) is 13.9. The lowest BCUT2D eigenvalue weighted by molar-refractivity contribution is 0.282. The summed E-state index contributed by atoms with van der Waals surface area (Å²) in [7, 11) is 3.78. The molecule has 0 radical (unpaired) electrons. The Morgan fingerprint density at radius 1 is 1.52 bits per heavy atom. The van der Waals surface area contributed by atoms with Gasteiger partial charge < -0.3 is 16.0 Å². The van der Waals surface area contributed by atoms with Crippen molar-refractivity contribution >= 4 is 33.9 Å². The van der Waals surface area contributed by atoms with Crippen LogP contribution in [0.1, 0.15) is 18.4 Å². The normalized spacial score (nSPS) is 16.2. The van der Waals surface area contributed by atoms with Gasteiger partial charge in [0.1, 0.15) is 5.84 Å². The number of likely N-dealkylation sites (tertiary alicyclic amines) is 1. The number of aromatic nitrogens is 1. The van der Waals surface area contributed by atoms with E-state index in [1.165, 1.54) is 0 Å². The number of aliphatic imine (C=N–C) groups is 1. The molecule has 9 heteroatoms. The number of halogens is 1. The Balaban J connectivity index is 2.23. The molecule has 8 nitrogen and oxygen atoms in total. The molecule has 1 aromatic rings. The minimum absolute atomic E-state index is 0.140. The van der Waals surface area contributed by atoms with E-state index in [9.17, 15) is 0 Å². The van der Waals surface area contributed by atoms with Crippen LogP contribution < -0.4 is 11.1 Å². The van der Waals surface area contributed by atoms with Gasteiger partial charge in [0, 0.05) is 61.8 Å². The summed E-state index contributed by atoms with van der Waals surface area (Å²) in [5.74, 6) is 1.22. The topological polar surface area (TPSA) is 106 Å². The molecule has 4 N–H and O–H groups in total. The van der Waals surface area contributed by atoms with Gasteiger partial charge in [0.2, 0.25) is 0 Å². The fourth-order valence-corrected chi connectivity index (χ4v) is 3.17. The van der Waals surface area contributed by atoms with E-state index in [-0.39, 0.29) is 5.96 Å². The van der Waals surface area contributed by atoms with Gasteiger partial charge in [0.25, 0.3) is 0 Å². The number of guanidine groups is 1. The van der Waals surface area contributed by atoms with Crippen molar-refractivity contribution in [1.29, 1.82) is 5.41 Å². The largest absolute Gasteiger partial charge is 0.391 e. The highest BCUT2D eigenvalue weighted by Crippen LogP contribution is 2.23. The number of hydrogen-bond donors (Lipinski definition) is 3. The van der Waals surface area contributed by atoms with E-state index >= 15 is 0 Å². The first kappa shape index (κ1) is 22.6. The maximum Gasteiger partial charge on any atom is 0.188 e. The first-order valence-corrected chi connectivity index (χ1v) is 10.2. The quantitative estimate of drug-likeness (QED) is 0.329. The Labute approximate surface area is 180 Å². The van der Waals surface area contributed by atoms with Crippen LogP contribution in [0.4, 0.5) is 0 Å². The summed E-state index contributed by atoms with van der Waals surface area (Å²) in [5.41, 5.74) is 7.74. The van der Waals surface area contributed by atoms with Crippen molar-refractivity contribution in [3.05, 3.63) is 52.9 Å². The van der Waals surface area contributed by atoms with E-state index in [2.05, 4.69) is 37.9 Å². The maximum atomic E-state index is 7.61. The lowest BCUT2D eigenvalue weighted by Gasteiger charge is -2.33. The second kappa shape index (κ2) is 11.4. The fraction of sp³-hybridized carbons (Fsp3) is 0.400. The summed E-state index contributed by atoms with van der Waals surface area (Å²) >= 11 is 3.29. The van der Waals surface area contributed by atoms with Crippen molar-refractivity contribution in [3.8, 4) is 0 Å². The molecule has 2 rings (SSSR count). The van der Waals surface area contributed by atoms with Crippen molar-refractivity contribution in [2.75, 3.05) is 27.2 Å². The van der Waals surface area contributed by atoms with Crippen molar-refractivity contribution < 1.29 is 0 Å². The number of nitrogens with two attached hydrogens (primary N) is 1. The molecule has 0 saturated carbocycles. The molecule has 0 bridgehead atoms. The molecule has 0 amide bonds.